The quantitative estimate of drug-likeness (QED) is 0.482. The first kappa shape index (κ1) is 19.4. The predicted molar refractivity (Wildman–Crippen MR) is 84.8 cm³/mol. The fraction of sp³-hybridized carbons (Fsp3) is 0.357. The van der Waals surface area contributed by atoms with Gasteiger partial charge in [-0.15, -0.1) is 0 Å². The minimum absolute atomic E-state index is 0.130. The van der Waals surface area contributed by atoms with Gasteiger partial charge in [-0.1, -0.05) is 11.6 Å². The fourth-order valence-electron chi connectivity index (χ4n) is 1.53. The van der Waals surface area contributed by atoms with Gasteiger partial charge in [-0.25, -0.2) is 9.59 Å². The molecule has 1 aromatic rings. The first-order valence-corrected chi connectivity index (χ1v) is 7.10. The van der Waals surface area contributed by atoms with Gasteiger partial charge in [-0.2, -0.15) is 0 Å². The van der Waals surface area contributed by atoms with Crippen molar-refractivity contribution in [3.63, 3.8) is 0 Å². The Balaban J connectivity index is 2.59. The summed E-state index contributed by atoms with van der Waals surface area (Å²) >= 11 is 5.77. The number of esters is 1. The molecule has 130 valence electrons. The SMILES string of the molecule is CC(C)(C)NC(=O)NC(=O)COC(=O)c1ccc([N+](=O)[O-])cc1Cl. The van der Waals surface area contributed by atoms with E-state index in [1.165, 1.54) is 0 Å². The van der Waals surface area contributed by atoms with Crippen LogP contribution in [0.15, 0.2) is 18.2 Å². The number of carbonyl (C=O) groups is 3. The minimum Gasteiger partial charge on any atom is -0.452 e. The molecule has 0 aliphatic carbocycles. The number of halogens is 1. The first-order chi connectivity index (χ1) is 11.0. The molecule has 0 heterocycles. The van der Waals surface area contributed by atoms with Gasteiger partial charge in [0.25, 0.3) is 11.6 Å². The zero-order valence-corrected chi connectivity index (χ0v) is 14.0. The second-order valence-electron chi connectivity index (χ2n) is 5.75. The number of non-ortho nitro benzene ring substituents is 1. The molecule has 24 heavy (non-hydrogen) atoms. The van der Waals surface area contributed by atoms with Crippen LogP contribution >= 0.6 is 11.6 Å². The van der Waals surface area contributed by atoms with Crippen molar-refractivity contribution in [2.45, 2.75) is 26.3 Å². The van der Waals surface area contributed by atoms with Crippen LogP contribution in [0.3, 0.4) is 0 Å². The second kappa shape index (κ2) is 7.73. The number of urea groups is 1. The molecular weight excluding hydrogens is 342 g/mol. The maximum atomic E-state index is 11.8. The Morgan fingerprint density at radius 3 is 2.42 bits per heavy atom. The third-order valence-corrected chi connectivity index (χ3v) is 2.77. The van der Waals surface area contributed by atoms with Crippen LogP contribution in [-0.2, 0) is 9.53 Å². The number of nitro groups is 1. The zero-order chi connectivity index (χ0) is 18.5. The van der Waals surface area contributed by atoms with E-state index in [-0.39, 0.29) is 16.3 Å². The molecule has 0 aromatic heterocycles. The Morgan fingerprint density at radius 2 is 1.92 bits per heavy atom. The summed E-state index contributed by atoms with van der Waals surface area (Å²) < 4.78 is 4.72. The smallest absolute Gasteiger partial charge is 0.340 e. The second-order valence-corrected chi connectivity index (χ2v) is 6.16. The maximum absolute atomic E-state index is 11.8. The van der Waals surface area contributed by atoms with Gasteiger partial charge in [-0.05, 0) is 26.8 Å². The summed E-state index contributed by atoms with van der Waals surface area (Å²) in [6.07, 6.45) is 0. The third-order valence-electron chi connectivity index (χ3n) is 2.46. The van der Waals surface area contributed by atoms with E-state index in [1.807, 2.05) is 5.32 Å². The molecule has 2 N–H and O–H groups in total. The van der Waals surface area contributed by atoms with Crippen LogP contribution in [0, 0.1) is 10.1 Å². The molecule has 0 fully saturated rings. The number of imide groups is 1. The predicted octanol–water partition coefficient (Wildman–Crippen LogP) is 2.03. The van der Waals surface area contributed by atoms with Crippen LogP contribution in [0.2, 0.25) is 5.02 Å². The standard InChI is InChI=1S/C14H16ClN3O6/c1-14(2,3)17-13(21)16-11(19)7-24-12(20)9-5-4-8(18(22)23)6-10(9)15/h4-6H,7H2,1-3H3,(H2,16,17,19,21). The number of benzene rings is 1. The molecular formula is C14H16ClN3O6. The van der Waals surface area contributed by atoms with E-state index in [9.17, 15) is 24.5 Å². The van der Waals surface area contributed by atoms with Gasteiger partial charge in [-0.3, -0.25) is 20.2 Å². The number of nitrogens with one attached hydrogen (secondary N) is 2. The van der Waals surface area contributed by atoms with E-state index in [1.54, 1.807) is 20.8 Å². The minimum atomic E-state index is -0.943. The number of nitrogens with zero attached hydrogens (tertiary/aromatic N) is 1. The van der Waals surface area contributed by atoms with E-state index in [0.29, 0.717) is 0 Å². The Kier molecular flexibility index (Phi) is 6.24. The lowest BCUT2D eigenvalue weighted by molar-refractivity contribution is -0.384. The number of hydrogen-bond donors (Lipinski definition) is 2. The van der Waals surface area contributed by atoms with Crippen LogP contribution in [0.1, 0.15) is 31.1 Å². The molecule has 0 spiro atoms. The van der Waals surface area contributed by atoms with Crippen LogP contribution < -0.4 is 10.6 Å². The molecule has 0 atom stereocenters. The average Bonchev–Trinajstić information content (AvgIpc) is 2.42. The molecule has 10 heteroatoms. The van der Waals surface area contributed by atoms with E-state index in [2.05, 4.69) is 5.32 Å². The number of carbonyl (C=O) groups excluding carboxylic acids is 3. The van der Waals surface area contributed by atoms with Crippen molar-refractivity contribution in [1.29, 1.82) is 0 Å². The number of hydrogen-bond acceptors (Lipinski definition) is 6. The molecule has 0 aliphatic rings. The van der Waals surface area contributed by atoms with E-state index < -0.39 is 35.0 Å². The zero-order valence-electron chi connectivity index (χ0n) is 13.2. The highest BCUT2D eigenvalue weighted by atomic mass is 35.5. The molecule has 0 saturated carbocycles. The molecule has 0 aliphatic heterocycles. The lowest BCUT2D eigenvalue weighted by atomic mass is 10.1. The summed E-state index contributed by atoms with van der Waals surface area (Å²) in [5.74, 6) is -1.77. The van der Waals surface area contributed by atoms with E-state index >= 15 is 0 Å². The molecule has 0 unspecified atom stereocenters. The Morgan fingerprint density at radius 1 is 1.29 bits per heavy atom. The van der Waals surface area contributed by atoms with Gasteiger partial charge in [0, 0.05) is 17.7 Å². The molecule has 0 radical (unpaired) electrons. The van der Waals surface area contributed by atoms with Crippen LogP contribution in [0.5, 0.6) is 0 Å². The molecule has 0 bridgehead atoms. The summed E-state index contributed by atoms with van der Waals surface area (Å²) in [6.45, 7) is 4.48. The van der Waals surface area contributed by atoms with Crippen molar-refractivity contribution in [3.8, 4) is 0 Å². The highest BCUT2D eigenvalue weighted by molar-refractivity contribution is 6.33. The summed E-state index contributed by atoms with van der Waals surface area (Å²) in [7, 11) is 0. The lowest BCUT2D eigenvalue weighted by Gasteiger charge is -2.20. The van der Waals surface area contributed by atoms with Gasteiger partial charge in [0.2, 0.25) is 0 Å². The highest BCUT2D eigenvalue weighted by Gasteiger charge is 2.19. The van der Waals surface area contributed by atoms with Gasteiger partial charge in [0.1, 0.15) is 0 Å². The Labute approximate surface area is 142 Å². The van der Waals surface area contributed by atoms with Crippen molar-refractivity contribution in [2.24, 2.45) is 0 Å². The van der Waals surface area contributed by atoms with Crippen molar-refractivity contribution < 1.29 is 24.0 Å². The summed E-state index contributed by atoms with van der Waals surface area (Å²) in [6, 6.07) is 2.47. The molecule has 9 nitrogen and oxygen atoms in total. The molecule has 1 rings (SSSR count). The van der Waals surface area contributed by atoms with Crippen LogP contribution in [0.25, 0.3) is 0 Å². The third kappa shape index (κ3) is 6.21. The maximum Gasteiger partial charge on any atom is 0.340 e. The van der Waals surface area contributed by atoms with Crippen molar-refractivity contribution in [1.82, 2.24) is 10.6 Å². The number of amides is 3. The molecule has 3 amide bonds. The summed E-state index contributed by atoms with van der Waals surface area (Å²) in [5.41, 5.74) is -0.949. The largest absolute Gasteiger partial charge is 0.452 e. The van der Waals surface area contributed by atoms with Crippen molar-refractivity contribution in [2.75, 3.05) is 6.61 Å². The topological polar surface area (TPSA) is 128 Å². The number of ether oxygens (including phenoxy) is 1. The number of rotatable bonds is 4. The molecule has 0 saturated heterocycles. The van der Waals surface area contributed by atoms with Crippen LogP contribution in [0.4, 0.5) is 10.5 Å². The fourth-order valence-corrected chi connectivity index (χ4v) is 1.78. The van der Waals surface area contributed by atoms with Gasteiger partial charge < -0.3 is 10.1 Å². The normalized spacial score (nSPS) is 10.7. The van der Waals surface area contributed by atoms with E-state index in [4.69, 9.17) is 16.3 Å². The average molecular weight is 358 g/mol. The lowest BCUT2D eigenvalue weighted by Crippen LogP contribution is -2.49. The summed E-state index contributed by atoms with van der Waals surface area (Å²) in [5, 5.41) is 14.9. The van der Waals surface area contributed by atoms with Gasteiger partial charge in [0.15, 0.2) is 6.61 Å². The Bertz CT molecular complexity index is 684. The number of nitro benzene ring substituents is 1. The highest BCUT2D eigenvalue weighted by Crippen LogP contribution is 2.23. The molecule has 1 aromatic carbocycles. The van der Waals surface area contributed by atoms with E-state index in [0.717, 1.165) is 18.2 Å². The Hall–Kier alpha value is -2.68. The van der Waals surface area contributed by atoms with Gasteiger partial charge in [0.05, 0.1) is 15.5 Å². The van der Waals surface area contributed by atoms with Crippen LogP contribution in [-0.4, -0.2) is 35.0 Å². The monoisotopic (exact) mass is 357 g/mol. The van der Waals surface area contributed by atoms with Crippen molar-refractivity contribution in [3.05, 3.63) is 38.9 Å². The summed E-state index contributed by atoms with van der Waals surface area (Å²) in [4.78, 5) is 44.7. The van der Waals surface area contributed by atoms with Crippen molar-refractivity contribution >= 4 is 35.2 Å². The van der Waals surface area contributed by atoms with Gasteiger partial charge >= 0.3 is 12.0 Å². The first-order valence-electron chi connectivity index (χ1n) is 6.72.